The highest BCUT2D eigenvalue weighted by atomic mass is 15.3. The summed E-state index contributed by atoms with van der Waals surface area (Å²) in [5.41, 5.74) is 0. The van der Waals surface area contributed by atoms with Gasteiger partial charge in [-0.05, 0) is 13.0 Å². The Labute approximate surface area is 101 Å². The number of nitrogens with one attached hydrogen (secondary N) is 1. The maximum absolute atomic E-state index is 4.28. The minimum absolute atomic E-state index is 0.296. The molecule has 5 heteroatoms. The zero-order chi connectivity index (χ0) is 12.1. The van der Waals surface area contributed by atoms with Crippen LogP contribution in [-0.4, -0.2) is 25.9 Å². The summed E-state index contributed by atoms with van der Waals surface area (Å²) in [6.45, 7) is 7.36. The van der Waals surface area contributed by atoms with Crippen LogP contribution in [0.1, 0.15) is 13.0 Å². The van der Waals surface area contributed by atoms with E-state index in [1.807, 2.05) is 29.2 Å². The number of hydrogen-bond acceptors (Lipinski definition) is 3. The van der Waals surface area contributed by atoms with E-state index in [4.69, 9.17) is 0 Å². The van der Waals surface area contributed by atoms with E-state index in [9.17, 15) is 0 Å². The normalized spacial score (nSPS) is 12.3. The van der Waals surface area contributed by atoms with Crippen LogP contribution in [0.5, 0.6) is 0 Å². The fourth-order valence-corrected chi connectivity index (χ4v) is 1.74. The van der Waals surface area contributed by atoms with Gasteiger partial charge in [0.1, 0.15) is 0 Å². The van der Waals surface area contributed by atoms with Crippen LogP contribution >= 0.6 is 0 Å². The number of nitrogens with zero attached hydrogens (tertiary/aromatic N) is 4. The molecule has 0 saturated heterocycles. The molecular weight excluding hydrogens is 214 g/mol. The molecule has 0 bridgehead atoms. The summed E-state index contributed by atoms with van der Waals surface area (Å²) in [5, 5.41) is 7.41. The van der Waals surface area contributed by atoms with Gasteiger partial charge in [0.2, 0.25) is 5.95 Å². The van der Waals surface area contributed by atoms with Crippen molar-refractivity contribution in [3.05, 3.63) is 43.5 Å². The lowest BCUT2D eigenvalue weighted by Crippen LogP contribution is -2.16. The molecule has 0 spiro atoms. The molecule has 2 aromatic rings. The van der Waals surface area contributed by atoms with Gasteiger partial charge in [-0.1, -0.05) is 6.08 Å². The Morgan fingerprint density at radius 2 is 2.35 bits per heavy atom. The first-order valence-corrected chi connectivity index (χ1v) is 5.66. The summed E-state index contributed by atoms with van der Waals surface area (Å²) < 4.78 is 4.02. The minimum atomic E-state index is 0.296. The molecule has 0 aliphatic heterocycles. The topological polar surface area (TPSA) is 47.7 Å². The monoisotopic (exact) mass is 231 g/mol. The van der Waals surface area contributed by atoms with Crippen molar-refractivity contribution < 1.29 is 0 Å². The summed E-state index contributed by atoms with van der Waals surface area (Å²) >= 11 is 0. The largest absolute Gasteiger partial charge is 0.352 e. The molecule has 1 N–H and O–H groups in total. The van der Waals surface area contributed by atoms with Gasteiger partial charge in [-0.25, -0.2) is 4.98 Å². The van der Waals surface area contributed by atoms with Crippen LogP contribution in [0.3, 0.4) is 0 Å². The van der Waals surface area contributed by atoms with Crippen LogP contribution in [0.25, 0.3) is 0 Å². The van der Waals surface area contributed by atoms with Gasteiger partial charge >= 0.3 is 0 Å². The van der Waals surface area contributed by atoms with Gasteiger partial charge in [0.25, 0.3) is 0 Å². The standard InChI is InChI=1S/C12H17N5/c1-3-5-13-12-14-7-9-17(12)11(2)10-16-8-4-6-15-16/h3-4,6-9,11H,1,5,10H2,2H3,(H,13,14). The minimum Gasteiger partial charge on any atom is -0.352 e. The summed E-state index contributed by atoms with van der Waals surface area (Å²) in [6.07, 6.45) is 9.34. The highest BCUT2D eigenvalue weighted by Gasteiger charge is 2.09. The maximum Gasteiger partial charge on any atom is 0.203 e. The predicted octanol–water partition coefficient (Wildman–Crippen LogP) is 1.94. The molecule has 0 amide bonds. The first-order chi connectivity index (χ1) is 8.31. The quantitative estimate of drug-likeness (QED) is 0.773. The third kappa shape index (κ3) is 2.75. The molecular formula is C12H17N5. The van der Waals surface area contributed by atoms with Gasteiger partial charge in [0, 0.05) is 31.3 Å². The SMILES string of the molecule is C=CCNc1nccn1C(C)Cn1cccn1. The molecule has 0 fully saturated rings. The second-order valence-electron chi connectivity index (χ2n) is 3.90. The van der Waals surface area contributed by atoms with Crippen LogP contribution in [0, 0.1) is 0 Å². The lowest BCUT2D eigenvalue weighted by molar-refractivity contribution is 0.440. The number of rotatable bonds is 6. The van der Waals surface area contributed by atoms with Crippen molar-refractivity contribution in [1.29, 1.82) is 0 Å². The molecule has 0 radical (unpaired) electrons. The number of imidazole rings is 1. The van der Waals surface area contributed by atoms with Crippen molar-refractivity contribution in [2.24, 2.45) is 0 Å². The Bertz CT molecular complexity index is 457. The Hall–Kier alpha value is -2.04. The third-order valence-electron chi connectivity index (χ3n) is 2.56. The number of aromatic nitrogens is 4. The van der Waals surface area contributed by atoms with Gasteiger partial charge < -0.3 is 9.88 Å². The van der Waals surface area contributed by atoms with Crippen LogP contribution in [0.4, 0.5) is 5.95 Å². The van der Waals surface area contributed by atoms with E-state index in [0.29, 0.717) is 12.6 Å². The molecule has 5 nitrogen and oxygen atoms in total. The first kappa shape index (κ1) is 11.4. The highest BCUT2D eigenvalue weighted by molar-refractivity contribution is 5.27. The van der Waals surface area contributed by atoms with Crippen LogP contribution in [0.15, 0.2) is 43.5 Å². The van der Waals surface area contributed by atoms with Gasteiger partial charge in [-0.2, -0.15) is 5.10 Å². The lowest BCUT2D eigenvalue weighted by Gasteiger charge is -2.16. The zero-order valence-electron chi connectivity index (χ0n) is 9.95. The molecule has 0 aromatic carbocycles. The summed E-state index contributed by atoms with van der Waals surface area (Å²) in [5.74, 6) is 0.865. The van der Waals surface area contributed by atoms with Crippen molar-refractivity contribution in [2.75, 3.05) is 11.9 Å². The van der Waals surface area contributed by atoms with Gasteiger partial charge in [0.05, 0.1) is 12.6 Å². The predicted molar refractivity (Wildman–Crippen MR) is 67.9 cm³/mol. The molecule has 2 aromatic heterocycles. The van der Waals surface area contributed by atoms with Crippen molar-refractivity contribution in [1.82, 2.24) is 19.3 Å². The summed E-state index contributed by atoms with van der Waals surface area (Å²) in [6, 6.07) is 2.22. The van der Waals surface area contributed by atoms with E-state index < -0.39 is 0 Å². The fraction of sp³-hybridized carbons (Fsp3) is 0.333. The van der Waals surface area contributed by atoms with Crippen LogP contribution in [0.2, 0.25) is 0 Å². The average molecular weight is 231 g/mol. The highest BCUT2D eigenvalue weighted by Crippen LogP contribution is 2.14. The number of anilines is 1. The average Bonchev–Trinajstić information content (AvgIpc) is 2.96. The Kier molecular flexibility index (Phi) is 3.59. The molecule has 1 atom stereocenters. The molecule has 1 unspecified atom stereocenters. The molecule has 17 heavy (non-hydrogen) atoms. The molecule has 90 valence electrons. The second kappa shape index (κ2) is 5.34. The van der Waals surface area contributed by atoms with Gasteiger partial charge in [-0.3, -0.25) is 4.68 Å². The number of hydrogen-bond donors (Lipinski definition) is 1. The van der Waals surface area contributed by atoms with E-state index in [-0.39, 0.29) is 0 Å². The lowest BCUT2D eigenvalue weighted by atomic mass is 10.3. The molecule has 2 heterocycles. The first-order valence-electron chi connectivity index (χ1n) is 5.66. The summed E-state index contributed by atoms with van der Waals surface area (Å²) in [7, 11) is 0. The molecule has 0 aliphatic rings. The summed E-state index contributed by atoms with van der Waals surface area (Å²) in [4.78, 5) is 4.28. The van der Waals surface area contributed by atoms with E-state index in [0.717, 1.165) is 12.5 Å². The fourth-order valence-electron chi connectivity index (χ4n) is 1.74. The smallest absolute Gasteiger partial charge is 0.203 e. The van der Waals surface area contributed by atoms with E-state index in [1.165, 1.54) is 0 Å². The Morgan fingerprint density at radius 3 is 3.06 bits per heavy atom. The van der Waals surface area contributed by atoms with Gasteiger partial charge in [-0.15, -0.1) is 6.58 Å². The van der Waals surface area contributed by atoms with Gasteiger partial charge in [0.15, 0.2) is 0 Å². The van der Waals surface area contributed by atoms with E-state index in [1.54, 1.807) is 12.4 Å². The Balaban J connectivity index is 2.05. The van der Waals surface area contributed by atoms with Crippen molar-refractivity contribution in [3.8, 4) is 0 Å². The van der Waals surface area contributed by atoms with Crippen LogP contribution < -0.4 is 5.32 Å². The maximum atomic E-state index is 4.28. The third-order valence-corrected chi connectivity index (χ3v) is 2.56. The van der Waals surface area contributed by atoms with E-state index >= 15 is 0 Å². The van der Waals surface area contributed by atoms with E-state index in [2.05, 4.69) is 33.5 Å². The van der Waals surface area contributed by atoms with Crippen LogP contribution in [-0.2, 0) is 6.54 Å². The van der Waals surface area contributed by atoms with Crippen molar-refractivity contribution in [2.45, 2.75) is 19.5 Å². The van der Waals surface area contributed by atoms with Crippen molar-refractivity contribution >= 4 is 5.95 Å². The Morgan fingerprint density at radius 1 is 1.47 bits per heavy atom. The molecule has 0 aliphatic carbocycles. The molecule has 0 saturated carbocycles. The van der Waals surface area contributed by atoms with Crippen molar-refractivity contribution in [3.63, 3.8) is 0 Å². The zero-order valence-corrected chi connectivity index (χ0v) is 9.95. The molecule has 2 rings (SSSR count). The second-order valence-corrected chi connectivity index (χ2v) is 3.90.